The van der Waals surface area contributed by atoms with Crippen LogP contribution < -0.4 is 5.32 Å². The third-order valence-corrected chi connectivity index (χ3v) is 5.72. The molecule has 0 aliphatic heterocycles. The Labute approximate surface area is 111 Å². The summed E-state index contributed by atoms with van der Waals surface area (Å²) < 4.78 is 21.7. The molecule has 0 atom stereocenters. The molecule has 1 N–H and O–H groups in total. The molecule has 4 nitrogen and oxygen atoms in total. The van der Waals surface area contributed by atoms with Gasteiger partial charge in [0, 0.05) is 12.8 Å². The van der Waals surface area contributed by atoms with Crippen LogP contribution in [0, 0.1) is 17.8 Å². The standard InChI is InChI=1S/C13H27NO3S/c1-9(2)11(10(3)4)8-14-12(15)13(5,6)18(7,16)17/h9-11H,8H2,1-7H3,(H,14,15). The van der Waals surface area contributed by atoms with Crippen LogP contribution >= 0.6 is 0 Å². The van der Waals surface area contributed by atoms with Crippen LogP contribution in [0.2, 0.25) is 0 Å². The van der Waals surface area contributed by atoms with Crippen LogP contribution in [0.4, 0.5) is 0 Å². The lowest BCUT2D eigenvalue weighted by molar-refractivity contribution is -0.123. The highest BCUT2D eigenvalue weighted by Gasteiger charge is 2.38. The first kappa shape index (κ1) is 17.4. The number of sulfone groups is 1. The molecule has 0 aliphatic rings. The summed E-state index contributed by atoms with van der Waals surface area (Å²) in [6, 6.07) is 0. The first-order valence-electron chi connectivity index (χ1n) is 6.39. The molecule has 0 radical (unpaired) electrons. The molecule has 0 aromatic heterocycles. The van der Waals surface area contributed by atoms with E-state index in [2.05, 4.69) is 33.0 Å². The molecule has 1 amide bonds. The van der Waals surface area contributed by atoms with Crippen molar-refractivity contribution in [3.8, 4) is 0 Å². The smallest absolute Gasteiger partial charge is 0.240 e. The Morgan fingerprint density at radius 2 is 1.50 bits per heavy atom. The van der Waals surface area contributed by atoms with E-state index < -0.39 is 20.5 Å². The molecule has 0 aromatic carbocycles. The summed E-state index contributed by atoms with van der Waals surface area (Å²) in [7, 11) is -3.40. The second-order valence-electron chi connectivity index (χ2n) is 6.14. The summed E-state index contributed by atoms with van der Waals surface area (Å²) in [5, 5.41) is 2.77. The van der Waals surface area contributed by atoms with Crippen molar-refractivity contribution in [2.24, 2.45) is 17.8 Å². The van der Waals surface area contributed by atoms with Gasteiger partial charge in [-0.15, -0.1) is 0 Å². The second kappa shape index (κ2) is 6.04. The molecule has 0 saturated carbocycles. The van der Waals surface area contributed by atoms with Gasteiger partial charge in [0.1, 0.15) is 4.75 Å². The third-order valence-electron chi connectivity index (χ3n) is 3.68. The zero-order chi connectivity index (χ0) is 14.7. The number of nitrogens with one attached hydrogen (secondary N) is 1. The van der Waals surface area contributed by atoms with Gasteiger partial charge >= 0.3 is 0 Å². The minimum atomic E-state index is -3.40. The van der Waals surface area contributed by atoms with Crippen LogP contribution in [-0.4, -0.2) is 31.9 Å². The maximum atomic E-state index is 12.0. The molecule has 0 saturated heterocycles. The molecule has 0 spiro atoms. The van der Waals surface area contributed by atoms with Crippen LogP contribution in [0.5, 0.6) is 0 Å². The summed E-state index contributed by atoms with van der Waals surface area (Å²) in [4.78, 5) is 12.0. The average Bonchev–Trinajstić information content (AvgIpc) is 2.14. The van der Waals surface area contributed by atoms with Crippen molar-refractivity contribution in [3.05, 3.63) is 0 Å². The topological polar surface area (TPSA) is 63.2 Å². The zero-order valence-corrected chi connectivity index (χ0v) is 13.4. The van der Waals surface area contributed by atoms with Gasteiger partial charge in [0.2, 0.25) is 5.91 Å². The summed E-state index contributed by atoms with van der Waals surface area (Å²) in [6.45, 7) is 11.8. The summed E-state index contributed by atoms with van der Waals surface area (Å²) >= 11 is 0. The normalized spacial score (nSPS) is 13.4. The van der Waals surface area contributed by atoms with Crippen molar-refractivity contribution in [3.63, 3.8) is 0 Å². The van der Waals surface area contributed by atoms with E-state index in [9.17, 15) is 13.2 Å². The SMILES string of the molecule is CC(C)C(CNC(=O)C(C)(C)S(C)(=O)=O)C(C)C. The molecule has 0 bridgehead atoms. The van der Waals surface area contributed by atoms with Crippen LogP contribution in [0.25, 0.3) is 0 Å². The van der Waals surface area contributed by atoms with E-state index in [1.54, 1.807) is 0 Å². The number of rotatable bonds is 6. The van der Waals surface area contributed by atoms with E-state index >= 15 is 0 Å². The molecule has 0 fully saturated rings. The maximum Gasteiger partial charge on any atom is 0.240 e. The first-order valence-corrected chi connectivity index (χ1v) is 8.28. The van der Waals surface area contributed by atoms with Crippen LogP contribution in [0.1, 0.15) is 41.5 Å². The van der Waals surface area contributed by atoms with Crippen molar-refractivity contribution < 1.29 is 13.2 Å². The number of hydrogen-bond acceptors (Lipinski definition) is 3. The Balaban J connectivity index is 4.70. The Hall–Kier alpha value is -0.580. The van der Waals surface area contributed by atoms with Crippen LogP contribution in [-0.2, 0) is 14.6 Å². The quantitative estimate of drug-likeness (QED) is 0.806. The number of carbonyl (C=O) groups excluding carboxylic acids is 1. The Bertz CT molecular complexity index is 375. The van der Waals surface area contributed by atoms with Gasteiger partial charge in [0.25, 0.3) is 0 Å². The van der Waals surface area contributed by atoms with Crippen molar-refractivity contribution in [2.75, 3.05) is 12.8 Å². The minimum absolute atomic E-state index is 0.351. The van der Waals surface area contributed by atoms with Crippen molar-refractivity contribution in [2.45, 2.75) is 46.3 Å². The van der Waals surface area contributed by atoms with E-state index in [0.29, 0.717) is 24.3 Å². The van der Waals surface area contributed by atoms with E-state index in [1.807, 2.05) is 0 Å². The van der Waals surface area contributed by atoms with Gasteiger partial charge in [-0.25, -0.2) is 8.42 Å². The predicted molar refractivity (Wildman–Crippen MR) is 75.1 cm³/mol. The molecule has 18 heavy (non-hydrogen) atoms. The van der Waals surface area contributed by atoms with Gasteiger partial charge in [-0.1, -0.05) is 27.7 Å². The fourth-order valence-electron chi connectivity index (χ4n) is 1.83. The van der Waals surface area contributed by atoms with E-state index in [-0.39, 0.29) is 0 Å². The molecular weight excluding hydrogens is 250 g/mol. The van der Waals surface area contributed by atoms with Crippen molar-refractivity contribution in [1.29, 1.82) is 0 Å². The van der Waals surface area contributed by atoms with Gasteiger partial charge in [0.05, 0.1) is 0 Å². The second-order valence-corrected chi connectivity index (χ2v) is 8.71. The molecule has 0 heterocycles. The van der Waals surface area contributed by atoms with Gasteiger partial charge in [0.15, 0.2) is 9.84 Å². The lowest BCUT2D eigenvalue weighted by atomic mass is 9.85. The molecule has 0 rings (SSSR count). The average molecular weight is 277 g/mol. The highest BCUT2D eigenvalue weighted by Crippen LogP contribution is 2.20. The van der Waals surface area contributed by atoms with Gasteiger partial charge in [-0.05, 0) is 31.6 Å². The number of carbonyl (C=O) groups is 1. The van der Waals surface area contributed by atoms with Crippen molar-refractivity contribution in [1.82, 2.24) is 5.32 Å². The van der Waals surface area contributed by atoms with Crippen LogP contribution in [0.3, 0.4) is 0 Å². The molecule has 0 unspecified atom stereocenters. The lowest BCUT2D eigenvalue weighted by Gasteiger charge is -2.28. The van der Waals surface area contributed by atoms with Gasteiger partial charge in [-0.2, -0.15) is 0 Å². The highest BCUT2D eigenvalue weighted by molar-refractivity contribution is 7.92. The molecule has 5 heteroatoms. The Kier molecular flexibility index (Phi) is 5.85. The Morgan fingerprint density at radius 1 is 1.11 bits per heavy atom. The number of hydrogen-bond donors (Lipinski definition) is 1. The monoisotopic (exact) mass is 277 g/mol. The molecular formula is C13H27NO3S. The zero-order valence-electron chi connectivity index (χ0n) is 12.6. The highest BCUT2D eigenvalue weighted by atomic mass is 32.2. The first-order chi connectivity index (χ1) is 7.91. The van der Waals surface area contributed by atoms with Gasteiger partial charge in [-0.3, -0.25) is 4.79 Å². The third kappa shape index (κ3) is 4.26. The molecule has 108 valence electrons. The summed E-state index contributed by atoms with van der Waals surface area (Å²) in [5.41, 5.74) is 0. The largest absolute Gasteiger partial charge is 0.354 e. The molecule has 0 aliphatic carbocycles. The van der Waals surface area contributed by atoms with Gasteiger partial charge < -0.3 is 5.32 Å². The molecule has 0 aromatic rings. The minimum Gasteiger partial charge on any atom is -0.354 e. The summed E-state index contributed by atoms with van der Waals surface area (Å²) in [6.07, 6.45) is 1.09. The van der Waals surface area contributed by atoms with E-state index in [4.69, 9.17) is 0 Å². The van der Waals surface area contributed by atoms with E-state index in [1.165, 1.54) is 13.8 Å². The fraction of sp³-hybridized carbons (Fsp3) is 0.923. The Morgan fingerprint density at radius 3 is 1.78 bits per heavy atom. The summed E-state index contributed by atoms with van der Waals surface area (Å²) in [5.74, 6) is 0.832. The van der Waals surface area contributed by atoms with Crippen LogP contribution in [0.15, 0.2) is 0 Å². The van der Waals surface area contributed by atoms with E-state index in [0.717, 1.165) is 6.26 Å². The predicted octanol–water partition coefficient (Wildman–Crippen LogP) is 1.85. The fourth-order valence-corrected chi connectivity index (χ4v) is 2.24. The maximum absolute atomic E-state index is 12.0. The lowest BCUT2D eigenvalue weighted by Crippen LogP contribution is -2.49. The van der Waals surface area contributed by atoms with Crippen molar-refractivity contribution >= 4 is 15.7 Å². The number of amides is 1.